The van der Waals surface area contributed by atoms with Crippen molar-refractivity contribution in [3.63, 3.8) is 0 Å². The zero-order valence-electron chi connectivity index (χ0n) is 10.7. The first-order chi connectivity index (χ1) is 9.26. The second-order valence-electron chi connectivity index (χ2n) is 4.84. The highest BCUT2D eigenvalue weighted by Gasteiger charge is 2.12. The van der Waals surface area contributed by atoms with Gasteiger partial charge in [-0.1, -0.05) is 17.8 Å². The molecule has 0 bridgehead atoms. The molecular formula is C16H16FNS. The molecule has 1 aliphatic rings. The molecule has 0 saturated heterocycles. The zero-order chi connectivity index (χ0) is 13.2. The highest BCUT2D eigenvalue weighted by Crippen LogP contribution is 2.33. The molecule has 19 heavy (non-hydrogen) atoms. The molecule has 0 fully saturated rings. The predicted octanol–water partition coefficient (Wildman–Crippen LogP) is 3.92. The van der Waals surface area contributed by atoms with Gasteiger partial charge in [-0.2, -0.15) is 0 Å². The molecule has 2 aromatic carbocycles. The normalized spacial score (nSPS) is 13.6. The van der Waals surface area contributed by atoms with Crippen LogP contribution in [-0.4, -0.2) is 0 Å². The van der Waals surface area contributed by atoms with Crippen molar-refractivity contribution in [1.29, 1.82) is 0 Å². The van der Waals surface area contributed by atoms with E-state index in [9.17, 15) is 4.39 Å². The maximum absolute atomic E-state index is 13.2. The van der Waals surface area contributed by atoms with Crippen LogP contribution < -0.4 is 5.73 Å². The molecule has 2 aromatic rings. The Kier molecular flexibility index (Phi) is 3.58. The minimum absolute atomic E-state index is 0.223. The molecule has 1 nitrogen and oxygen atoms in total. The van der Waals surface area contributed by atoms with Crippen molar-refractivity contribution in [2.45, 2.75) is 35.6 Å². The van der Waals surface area contributed by atoms with Gasteiger partial charge in [-0.15, -0.1) is 0 Å². The van der Waals surface area contributed by atoms with Crippen molar-refractivity contribution in [2.24, 2.45) is 5.73 Å². The van der Waals surface area contributed by atoms with Gasteiger partial charge in [0, 0.05) is 16.3 Å². The minimum atomic E-state index is -0.223. The molecule has 98 valence electrons. The van der Waals surface area contributed by atoms with Crippen molar-refractivity contribution in [3.8, 4) is 0 Å². The Labute approximate surface area is 117 Å². The average Bonchev–Trinajstić information content (AvgIpc) is 2.88. The zero-order valence-corrected chi connectivity index (χ0v) is 11.5. The standard InChI is InChI=1S/C16H16FNS/c17-14-5-7-16(13(8-14)10-18)19-15-6-4-11-2-1-3-12(11)9-15/h4-9H,1-3,10,18H2. The molecule has 0 aliphatic heterocycles. The van der Waals surface area contributed by atoms with E-state index < -0.39 is 0 Å². The van der Waals surface area contributed by atoms with E-state index in [4.69, 9.17) is 5.73 Å². The molecule has 0 atom stereocenters. The second kappa shape index (κ2) is 5.35. The molecule has 1 aliphatic carbocycles. The van der Waals surface area contributed by atoms with E-state index in [1.165, 1.54) is 47.4 Å². The van der Waals surface area contributed by atoms with Crippen molar-refractivity contribution in [3.05, 3.63) is 58.9 Å². The largest absolute Gasteiger partial charge is 0.326 e. The van der Waals surface area contributed by atoms with Gasteiger partial charge in [-0.25, -0.2) is 4.39 Å². The molecule has 0 heterocycles. The first-order valence-electron chi connectivity index (χ1n) is 6.54. The van der Waals surface area contributed by atoms with Crippen LogP contribution in [0, 0.1) is 5.82 Å². The molecule has 0 saturated carbocycles. The van der Waals surface area contributed by atoms with Crippen LogP contribution in [0.3, 0.4) is 0 Å². The van der Waals surface area contributed by atoms with Gasteiger partial charge >= 0.3 is 0 Å². The SMILES string of the molecule is NCc1cc(F)ccc1Sc1ccc2c(c1)CCC2. The molecule has 3 heteroatoms. The topological polar surface area (TPSA) is 26.0 Å². The highest BCUT2D eigenvalue weighted by atomic mass is 32.2. The fraction of sp³-hybridized carbons (Fsp3) is 0.250. The third-order valence-electron chi connectivity index (χ3n) is 3.54. The fourth-order valence-corrected chi connectivity index (χ4v) is 3.55. The molecule has 0 aromatic heterocycles. The lowest BCUT2D eigenvalue weighted by atomic mass is 10.1. The predicted molar refractivity (Wildman–Crippen MR) is 76.9 cm³/mol. The highest BCUT2D eigenvalue weighted by molar-refractivity contribution is 7.99. The summed E-state index contributed by atoms with van der Waals surface area (Å²) in [6.45, 7) is 0.366. The van der Waals surface area contributed by atoms with E-state index in [1.54, 1.807) is 11.8 Å². The van der Waals surface area contributed by atoms with Crippen molar-refractivity contribution >= 4 is 11.8 Å². The molecule has 0 unspecified atom stereocenters. The lowest BCUT2D eigenvalue weighted by molar-refractivity contribution is 0.623. The lowest BCUT2D eigenvalue weighted by Crippen LogP contribution is -1.99. The second-order valence-corrected chi connectivity index (χ2v) is 5.96. The number of hydrogen-bond donors (Lipinski definition) is 1. The average molecular weight is 273 g/mol. The number of nitrogens with two attached hydrogens (primary N) is 1. The summed E-state index contributed by atoms with van der Waals surface area (Å²) in [5.74, 6) is -0.223. The first kappa shape index (κ1) is 12.7. The summed E-state index contributed by atoms with van der Waals surface area (Å²) >= 11 is 1.67. The Hall–Kier alpha value is -1.32. The van der Waals surface area contributed by atoms with Gasteiger partial charge in [0.2, 0.25) is 0 Å². The Morgan fingerprint density at radius 2 is 1.89 bits per heavy atom. The third-order valence-corrected chi connectivity index (χ3v) is 4.65. The van der Waals surface area contributed by atoms with Gasteiger partial charge in [0.05, 0.1) is 0 Å². The summed E-state index contributed by atoms with van der Waals surface area (Å²) in [6, 6.07) is 11.5. The van der Waals surface area contributed by atoms with Gasteiger partial charge in [-0.3, -0.25) is 0 Å². The molecule has 2 N–H and O–H groups in total. The molecule has 0 amide bonds. The van der Waals surface area contributed by atoms with Gasteiger partial charge in [-0.05, 0) is 66.3 Å². The van der Waals surface area contributed by atoms with E-state index in [0.29, 0.717) is 6.54 Å². The Morgan fingerprint density at radius 3 is 2.74 bits per heavy atom. The van der Waals surface area contributed by atoms with Crippen LogP contribution in [0.1, 0.15) is 23.1 Å². The van der Waals surface area contributed by atoms with E-state index in [-0.39, 0.29) is 5.82 Å². The quantitative estimate of drug-likeness (QED) is 0.917. The summed E-state index contributed by atoms with van der Waals surface area (Å²) < 4.78 is 13.2. The van der Waals surface area contributed by atoms with E-state index in [1.807, 2.05) is 6.07 Å². The molecule has 0 radical (unpaired) electrons. The molecular weight excluding hydrogens is 257 g/mol. The van der Waals surface area contributed by atoms with Gasteiger partial charge in [0.1, 0.15) is 5.82 Å². The number of hydrogen-bond acceptors (Lipinski definition) is 2. The summed E-state index contributed by atoms with van der Waals surface area (Å²) in [6.07, 6.45) is 3.63. The fourth-order valence-electron chi connectivity index (χ4n) is 2.55. The first-order valence-corrected chi connectivity index (χ1v) is 7.36. The van der Waals surface area contributed by atoms with Crippen molar-refractivity contribution in [2.75, 3.05) is 0 Å². The van der Waals surface area contributed by atoms with Crippen LogP contribution in [0.25, 0.3) is 0 Å². The number of aryl methyl sites for hydroxylation is 2. The summed E-state index contributed by atoms with van der Waals surface area (Å²) in [4.78, 5) is 2.25. The van der Waals surface area contributed by atoms with Gasteiger partial charge in [0.15, 0.2) is 0 Å². The lowest BCUT2D eigenvalue weighted by Gasteiger charge is -2.09. The summed E-state index contributed by atoms with van der Waals surface area (Å²) in [5.41, 5.74) is 9.48. The maximum Gasteiger partial charge on any atom is 0.123 e. The number of fused-ring (bicyclic) bond motifs is 1. The van der Waals surface area contributed by atoms with Crippen molar-refractivity contribution < 1.29 is 4.39 Å². The van der Waals surface area contributed by atoms with Crippen LogP contribution in [0.5, 0.6) is 0 Å². The van der Waals surface area contributed by atoms with E-state index >= 15 is 0 Å². The number of halogens is 1. The summed E-state index contributed by atoms with van der Waals surface area (Å²) in [5, 5.41) is 0. The van der Waals surface area contributed by atoms with Crippen molar-refractivity contribution in [1.82, 2.24) is 0 Å². The third kappa shape index (κ3) is 2.67. The number of rotatable bonds is 3. The monoisotopic (exact) mass is 273 g/mol. The van der Waals surface area contributed by atoms with Crippen LogP contribution in [0.15, 0.2) is 46.2 Å². The van der Waals surface area contributed by atoms with E-state index in [0.717, 1.165) is 10.5 Å². The minimum Gasteiger partial charge on any atom is -0.326 e. The van der Waals surface area contributed by atoms with E-state index in [2.05, 4.69) is 18.2 Å². The Morgan fingerprint density at radius 1 is 1.05 bits per heavy atom. The number of benzene rings is 2. The Balaban J connectivity index is 1.89. The van der Waals surface area contributed by atoms with Crippen LogP contribution in [0.4, 0.5) is 4.39 Å². The molecule has 3 rings (SSSR count). The molecule has 0 spiro atoms. The summed E-state index contributed by atoms with van der Waals surface area (Å²) in [7, 11) is 0. The Bertz CT molecular complexity index is 610. The smallest absolute Gasteiger partial charge is 0.123 e. The van der Waals surface area contributed by atoms with Gasteiger partial charge < -0.3 is 5.73 Å². The van der Waals surface area contributed by atoms with Gasteiger partial charge in [0.25, 0.3) is 0 Å². The van der Waals surface area contributed by atoms with Crippen LogP contribution in [-0.2, 0) is 19.4 Å². The van der Waals surface area contributed by atoms with Crippen LogP contribution in [0.2, 0.25) is 0 Å². The van der Waals surface area contributed by atoms with Crippen LogP contribution >= 0.6 is 11.8 Å². The maximum atomic E-state index is 13.2.